The maximum Gasteiger partial charge on any atom is 0.0120 e. The molecule has 0 nitrogen and oxygen atoms in total. The fraction of sp³-hybridized carbons (Fsp3) is 0.412. The Bertz CT molecular complexity index is 450. The van der Waals surface area contributed by atoms with Gasteiger partial charge in [-0.05, 0) is 36.0 Å². The van der Waals surface area contributed by atoms with Gasteiger partial charge >= 0.3 is 0 Å². The van der Waals surface area contributed by atoms with E-state index in [1.54, 1.807) is 5.57 Å². The molecule has 90 valence electrons. The first-order valence-electron chi connectivity index (χ1n) is 6.57. The van der Waals surface area contributed by atoms with E-state index in [4.69, 9.17) is 0 Å². The van der Waals surface area contributed by atoms with E-state index in [0.29, 0.717) is 0 Å². The molecule has 0 saturated heterocycles. The van der Waals surface area contributed by atoms with Crippen molar-refractivity contribution in [1.82, 2.24) is 0 Å². The molecule has 0 spiro atoms. The van der Waals surface area contributed by atoms with Crippen molar-refractivity contribution in [3.05, 3.63) is 59.3 Å². The van der Waals surface area contributed by atoms with Crippen LogP contribution in [-0.2, 0) is 0 Å². The molecule has 2 aliphatic rings. The van der Waals surface area contributed by atoms with Crippen molar-refractivity contribution in [2.24, 2.45) is 5.41 Å². The summed E-state index contributed by atoms with van der Waals surface area (Å²) >= 11 is 0. The van der Waals surface area contributed by atoms with Gasteiger partial charge in [0.05, 0.1) is 0 Å². The van der Waals surface area contributed by atoms with Crippen LogP contribution in [0.3, 0.4) is 0 Å². The van der Waals surface area contributed by atoms with Gasteiger partial charge in [-0.15, -0.1) is 0 Å². The summed E-state index contributed by atoms with van der Waals surface area (Å²) in [6, 6.07) is 0. The minimum absolute atomic E-state index is 0.162. The van der Waals surface area contributed by atoms with Crippen molar-refractivity contribution in [3.8, 4) is 0 Å². The Morgan fingerprint density at radius 3 is 2.82 bits per heavy atom. The lowest BCUT2D eigenvalue weighted by Gasteiger charge is -2.26. The monoisotopic (exact) mass is 226 g/mol. The highest BCUT2D eigenvalue weighted by molar-refractivity contribution is 5.64. The number of hydrogen-bond donors (Lipinski definition) is 0. The van der Waals surface area contributed by atoms with E-state index in [9.17, 15) is 0 Å². The van der Waals surface area contributed by atoms with Crippen LogP contribution < -0.4 is 0 Å². The number of hydrogen-bond acceptors (Lipinski definition) is 0. The van der Waals surface area contributed by atoms with E-state index < -0.39 is 0 Å². The van der Waals surface area contributed by atoms with E-state index in [1.165, 1.54) is 29.6 Å². The molecule has 0 unspecified atom stereocenters. The standard InChI is InChI=1S/C17H22/c1-5-7-10-13-14-11-8-9-12-16(14)17(3,4)15(13)6-2/h6-8,10-11H,2,5,9,12H2,1,3-4H3/b10-7-. The molecule has 0 N–H and O–H groups in total. The van der Waals surface area contributed by atoms with Gasteiger partial charge in [-0.3, -0.25) is 0 Å². The Morgan fingerprint density at radius 2 is 2.18 bits per heavy atom. The molecule has 0 fully saturated rings. The molecular weight excluding hydrogens is 204 g/mol. The molecule has 0 aromatic carbocycles. The van der Waals surface area contributed by atoms with Crippen molar-refractivity contribution in [2.45, 2.75) is 40.0 Å². The minimum atomic E-state index is 0.162. The predicted octanol–water partition coefficient (Wildman–Crippen LogP) is 5.12. The molecule has 17 heavy (non-hydrogen) atoms. The molecule has 0 bridgehead atoms. The van der Waals surface area contributed by atoms with Crippen LogP contribution >= 0.6 is 0 Å². The lowest BCUT2D eigenvalue weighted by Crippen LogP contribution is -2.14. The smallest absolute Gasteiger partial charge is 0.0120 e. The minimum Gasteiger partial charge on any atom is -0.0987 e. The lowest BCUT2D eigenvalue weighted by atomic mass is 9.77. The molecule has 2 rings (SSSR count). The van der Waals surface area contributed by atoms with E-state index >= 15 is 0 Å². The van der Waals surface area contributed by atoms with Crippen LogP contribution in [0.4, 0.5) is 0 Å². The third kappa shape index (κ3) is 1.86. The normalized spacial score (nSPS) is 22.5. The third-order valence-electron chi connectivity index (χ3n) is 3.90. The van der Waals surface area contributed by atoms with Gasteiger partial charge in [0.1, 0.15) is 0 Å². The van der Waals surface area contributed by atoms with Crippen molar-refractivity contribution >= 4 is 0 Å². The first kappa shape index (κ1) is 12.2. The topological polar surface area (TPSA) is 0 Å². The summed E-state index contributed by atoms with van der Waals surface area (Å²) in [5.74, 6) is 0. The molecule has 0 aromatic heterocycles. The van der Waals surface area contributed by atoms with Crippen LogP contribution in [0.25, 0.3) is 0 Å². The summed E-state index contributed by atoms with van der Waals surface area (Å²) < 4.78 is 0. The van der Waals surface area contributed by atoms with E-state index in [-0.39, 0.29) is 5.41 Å². The Labute approximate surface area is 105 Å². The third-order valence-corrected chi connectivity index (χ3v) is 3.90. The predicted molar refractivity (Wildman–Crippen MR) is 75.8 cm³/mol. The Kier molecular flexibility index (Phi) is 3.24. The quantitative estimate of drug-likeness (QED) is 0.626. The molecular formula is C17H22. The summed E-state index contributed by atoms with van der Waals surface area (Å²) in [5, 5.41) is 0. The van der Waals surface area contributed by atoms with Gasteiger partial charge in [-0.2, -0.15) is 0 Å². The van der Waals surface area contributed by atoms with Gasteiger partial charge in [-0.25, -0.2) is 0 Å². The van der Waals surface area contributed by atoms with Gasteiger partial charge in [0.15, 0.2) is 0 Å². The Morgan fingerprint density at radius 1 is 1.41 bits per heavy atom. The molecule has 0 heteroatoms. The number of rotatable bonds is 3. The highest BCUT2D eigenvalue weighted by Gasteiger charge is 2.36. The summed E-state index contributed by atoms with van der Waals surface area (Å²) in [6.07, 6.45) is 14.6. The van der Waals surface area contributed by atoms with Crippen LogP contribution in [0.5, 0.6) is 0 Å². The summed E-state index contributed by atoms with van der Waals surface area (Å²) in [5.41, 5.74) is 5.97. The number of allylic oxidation sites excluding steroid dienone is 9. The molecule has 0 aliphatic heterocycles. The van der Waals surface area contributed by atoms with Crippen LogP contribution in [0.2, 0.25) is 0 Å². The summed E-state index contributed by atoms with van der Waals surface area (Å²) in [6.45, 7) is 10.8. The van der Waals surface area contributed by atoms with Gasteiger partial charge in [-0.1, -0.05) is 63.3 Å². The first-order valence-corrected chi connectivity index (χ1v) is 6.57. The van der Waals surface area contributed by atoms with Crippen LogP contribution in [0, 0.1) is 5.41 Å². The molecule has 0 amide bonds. The largest absolute Gasteiger partial charge is 0.0987 e. The average Bonchev–Trinajstić information content (AvgIpc) is 2.55. The van der Waals surface area contributed by atoms with Crippen LogP contribution in [-0.4, -0.2) is 0 Å². The van der Waals surface area contributed by atoms with E-state index in [0.717, 1.165) is 6.42 Å². The van der Waals surface area contributed by atoms with Gasteiger partial charge < -0.3 is 0 Å². The molecule has 0 radical (unpaired) electrons. The average molecular weight is 226 g/mol. The molecule has 0 heterocycles. The maximum atomic E-state index is 4.01. The van der Waals surface area contributed by atoms with Crippen molar-refractivity contribution in [3.63, 3.8) is 0 Å². The second-order valence-corrected chi connectivity index (χ2v) is 5.30. The fourth-order valence-corrected chi connectivity index (χ4v) is 2.99. The highest BCUT2D eigenvalue weighted by atomic mass is 14.4. The second-order valence-electron chi connectivity index (χ2n) is 5.30. The van der Waals surface area contributed by atoms with Crippen molar-refractivity contribution < 1.29 is 0 Å². The summed E-state index contributed by atoms with van der Waals surface area (Å²) in [7, 11) is 0. The van der Waals surface area contributed by atoms with Gasteiger partial charge in [0.2, 0.25) is 0 Å². The van der Waals surface area contributed by atoms with Crippen LogP contribution in [0.15, 0.2) is 59.3 Å². The summed E-state index contributed by atoms with van der Waals surface area (Å²) in [4.78, 5) is 0. The second kappa shape index (κ2) is 4.52. The van der Waals surface area contributed by atoms with E-state index in [2.05, 4.69) is 51.7 Å². The fourth-order valence-electron chi connectivity index (χ4n) is 2.99. The Hall–Kier alpha value is -1.30. The zero-order valence-corrected chi connectivity index (χ0v) is 11.2. The molecule has 0 atom stereocenters. The Balaban J connectivity index is 2.56. The zero-order valence-electron chi connectivity index (χ0n) is 11.2. The SMILES string of the molecule is C=CC1=C(/C=C\CC)C2=C(CCC=C2)C1(C)C. The molecule has 2 aliphatic carbocycles. The first-order chi connectivity index (χ1) is 8.12. The molecule has 0 saturated carbocycles. The van der Waals surface area contributed by atoms with Crippen molar-refractivity contribution in [2.75, 3.05) is 0 Å². The van der Waals surface area contributed by atoms with Gasteiger partial charge in [0.25, 0.3) is 0 Å². The zero-order chi connectivity index (χ0) is 12.5. The van der Waals surface area contributed by atoms with Crippen LogP contribution in [0.1, 0.15) is 40.0 Å². The lowest BCUT2D eigenvalue weighted by molar-refractivity contribution is 0.535. The van der Waals surface area contributed by atoms with Crippen molar-refractivity contribution in [1.29, 1.82) is 0 Å². The van der Waals surface area contributed by atoms with E-state index in [1.807, 2.05) is 6.08 Å². The molecule has 0 aromatic rings. The maximum absolute atomic E-state index is 4.01. The van der Waals surface area contributed by atoms with Gasteiger partial charge in [0, 0.05) is 5.41 Å². The highest BCUT2D eigenvalue weighted by Crippen LogP contribution is 2.51.